The molecule has 0 aliphatic carbocycles. The lowest BCUT2D eigenvalue weighted by Gasteiger charge is -2.29. The number of aryl methyl sites for hydroxylation is 2. The van der Waals surface area contributed by atoms with Crippen LogP contribution < -0.4 is 16.1 Å². The Hall–Kier alpha value is -3.37. The number of fused-ring (bicyclic) bond motifs is 1. The smallest absolute Gasteiger partial charge is 0.323 e. The van der Waals surface area contributed by atoms with Gasteiger partial charge in [-0.1, -0.05) is 15.9 Å². The maximum absolute atomic E-state index is 13.2. The van der Waals surface area contributed by atoms with Crippen molar-refractivity contribution >= 4 is 44.6 Å². The maximum Gasteiger partial charge on any atom is 0.323 e. The summed E-state index contributed by atoms with van der Waals surface area (Å²) in [6, 6.07) is 9.50. The molecule has 1 aliphatic heterocycles. The largest absolute Gasteiger partial charge is 0.378 e. The number of morpholine rings is 1. The first-order valence-corrected chi connectivity index (χ1v) is 11.4. The molecule has 1 fully saturated rings. The highest BCUT2D eigenvalue weighted by molar-refractivity contribution is 9.10. The van der Waals surface area contributed by atoms with Crippen molar-refractivity contribution in [3.8, 4) is 5.69 Å². The molecule has 1 saturated heterocycles. The normalized spacial score (nSPS) is 14.6. The lowest BCUT2D eigenvalue weighted by Crippen LogP contribution is -2.36. The molecule has 3 N–H and O–H groups in total. The van der Waals surface area contributed by atoms with Gasteiger partial charge < -0.3 is 19.6 Å². The first-order valence-electron chi connectivity index (χ1n) is 10.6. The zero-order chi connectivity index (χ0) is 23.1. The fourth-order valence-electron chi connectivity index (χ4n) is 4.11. The van der Waals surface area contributed by atoms with Crippen molar-refractivity contribution in [3.05, 3.63) is 72.5 Å². The van der Waals surface area contributed by atoms with Crippen molar-refractivity contribution in [2.45, 2.75) is 13.8 Å². The van der Waals surface area contributed by atoms with Crippen LogP contribution in [0.5, 0.6) is 0 Å². The quantitative estimate of drug-likeness (QED) is 0.365. The van der Waals surface area contributed by atoms with Crippen LogP contribution in [0.2, 0.25) is 0 Å². The molecule has 2 aromatic heterocycles. The number of aromatic amines is 3. The summed E-state index contributed by atoms with van der Waals surface area (Å²) in [7, 11) is 0. The number of anilines is 1. The summed E-state index contributed by atoms with van der Waals surface area (Å²) in [5.41, 5.74) is 5.44. The van der Waals surface area contributed by atoms with E-state index in [1.54, 1.807) is 6.21 Å². The number of H-pyrrole nitrogens is 3. The lowest BCUT2D eigenvalue weighted by atomic mass is 10.2. The molecule has 0 saturated carbocycles. The van der Waals surface area contributed by atoms with Crippen LogP contribution in [0.3, 0.4) is 0 Å². The molecule has 0 amide bonds. The van der Waals surface area contributed by atoms with E-state index in [9.17, 15) is 9.59 Å². The van der Waals surface area contributed by atoms with Crippen molar-refractivity contribution in [2.75, 3.05) is 31.2 Å². The Morgan fingerprint density at radius 1 is 1.03 bits per heavy atom. The third kappa shape index (κ3) is 4.07. The molecule has 0 radical (unpaired) electrons. The molecule has 1 aliphatic rings. The first kappa shape index (κ1) is 21.5. The van der Waals surface area contributed by atoms with Gasteiger partial charge in [-0.05, 0) is 49.7 Å². The summed E-state index contributed by atoms with van der Waals surface area (Å²) < 4.78 is 7.97. The van der Waals surface area contributed by atoms with Crippen LogP contribution in [-0.2, 0) is 4.74 Å². The lowest BCUT2D eigenvalue weighted by molar-refractivity contribution is 0.123. The van der Waals surface area contributed by atoms with Gasteiger partial charge in [-0.3, -0.25) is 14.9 Å². The van der Waals surface area contributed by atoms with Crippen LogP contribution in [0.4, 0.5) is 11.4 Å². The molecule has 0 spiro atoms. The molecule has 4 aromatic rings. The first-order chi connectivity index (χ1) is 15.9. The zero-order valence-electron chi connectivity index (χ0n) is 18.2. The minimum Gasteiger partial charge on any atom is -0.378 e. The molecule has 0 atom stereocenters. The Labute approximate surface area is 197 Å². The van der Waals surface area contributed by atoms with Crippen molar-refractivity contribution in [3.63, 3.8) is 0 Å². The van der Waals surface area contributed by atoms with Gasteiger partial charge in [0.2, 0.25) is 0 Å². The maximum atomic E-state index is 13.2. The van der Waals surface area contributed by atoms with Crippen molar-refractivity contribution in [1.82, 2.24) is 19.7 Å². The summed E-state index contributed by atoms with van der Waals surface area (Å²) in [4.78, 5) is 37.5. The fourth-order valence-corrected chi connectivity index (χ4v) is 4.58. The molecule has 9 nitrogen and oxygen atoms in total. The average molecular weight is 511 g/mol. The van der Waals surface area contributed by atoms with Gasteiger partial charge in [0, 0.05) is 29.5 Å². The molecular formula is C23H23BrN6O3. The average Bonchev–Trinajstić information content (AvgIpc) is 3.29. The number of nitrogens with one attached hydrogen (secondary N) is 3. The van der Waals surface area contributed by atoms with E-state index in [0.29, 0.717) is 35.5 Å². The van der Waals surface area contributed by atoms with E-state index < -0.39 is 0 Å². The number of rotatable bonds is 4. The predicted octanol–water partition coefficient (Wildman–Crippen LogP) is 3.30. The molecule has 0 unspecified atom stereocenters. The zero-order valence-corrected chi connectivity index (χ0v) is 19.8. The van der Waals surface area contributed by atoms with Gasteiger partial charge in [0.05, 0.1) is 46.9 Å². The number of hydrogen-bond acceptors (Lipinski definition) is 5. The Bertz CT molecular complexity index is 1490. The number of imidazole rings is 1. The Kier molecular flexibility index (Phi) is 5.55. The SMILES string of the molecule is Cc1cc(Br)ccc1-n1[nH]c(C)c(C=Nc2cc3[nH]c(=O)[nH]c3cc2N2CCOCC2)c1=O. The Balaban J connectivity index is 1.58. The standard InChI is InChI=1S/C23H23BrN6O3/c1-13-9-15(24)3-4-20(13)30-22(31)16(14(2)28-30)12-25-19-10-17-18(27-23(32)26-17)11-21(19)29-5-7-33-8-6-29/h3-4,9-12,28H,5-8H2,1-2H3,(H2,26,27,32). The third-order valence-electron chi connectivity index (χ3n) is 5.81. The van der Waals surface area contributed by atoms with Crippen molar-refractivity contribution in [2.24, 2.45) is 4.99 Å². The summed E-state index contributed by atoms with van der Waals surface area (Å²) in [6.07, 6.45) is 1.59. The molecule has 2 aromatic carbocycles. The number of nitrogens with zero attached hydrogens (tertiary/aromatic N) is 3. The van der Waals surface area contributed by atoms with E-state index in [0.717, 1.165) is 40.2 Å². The highest BCUT2D eigenvalue weighted by atomic mass is 79.9. The van der Waals surface area contributed by atoms with Crippen LogP contribution in [0.15, 0.2) is 49.4 Å². The number of hydrogen-bond donors (Lipinski definition) is 3. The van der Waals surface area contributed by atoms with Crippen molar-refractivity contribution in [1.29, 1.82) is 0 Å². The number of benzene rings is 2. The molecular weight excluding hydrogens is 488 g/mol. The Morgan fingerprint density at radius 2 is 1.76 bits per heavy atom. The van der Waals surface area contributed by atoms with Gasteiger partial charge in [0.25, 0.3) is 5.56 Å². The fraction of sp³-hybridized carbons (Fsp3) is 0.261. The minimum atomic E-state index is -0.270. The van der Waals surface area contributed by atoms with Gasteiger partial charge >= 0.3 is 5.69 Å². The van der Waals surface area contributed by atoms with E-state index in [-0.39, 0.29) is 11.2 Å². The van der Waals surface area contributed by atoms with E-state index in [1.807, 2.05) is 44.2 Å². The van der Waals surface area contributed by atoms with Gasteiger partial charge in [-0.25, -0.2) is 9.48 Å². The monoisotopic (exact) mass is 510 g/mol. The van der Waals surface area contributed by atoms with Crippen LogP contribution in [-0.4, -0.2) is 52.3 Å². The minimum absolute atomic E-state index is 0.175. The number of aliphatic imine (C=N–C) groups is 1. The van der Waals surface area contributed by atoms with Gasteiger partial charge in [-0.15, -0.1) is 0 Å². The molecule has 0 bridgehead atoms. The molecule has 10 heteroatoms. The van der Waals surface area contributed by atoms with E-state index in [2.05, 4.69) is 35.9 Å². The van der Waals surface area contributed by atoms with E-state index in [4.69, 9.17) is 9.73 Å². The summed E-state index contributed by atoms with van der Waals surface area (Å²) in [6.45, 7) is 6.50. The summed E-state index contributed by atoms with van der Waals surface area (Å²) in [5.74, 6) is 0. The second kappa shape index (κ2) is 8.53. The van der Waals surface area contributed by atoms with Gasteiger partial charge in [-0.2, -0.15) is 0 Å². The van der Waals surface area contributed by atoms with Crippen molar-refractivity contribution < 1.29 is 4.74 Å². The summed E-state index contributed by atoms with van der Waals surface area (Å²) >= 11 is 3.46. The number of ether oxygens (including phenoxy) is 1. The van der Waals surface area contributed by atoms with Crippen LogP contribution in [0.1, 0.15) is 16.8 Å². The molecule has 3 heterocycles. The molecule has 5 rings (SSSR count). The van der Waals surface area contributed by atoms with Gasteiger partial charge in [0.1, 0.15) is 0 Å². The van der Waals surface area contributed by atoms with E-state index >= 15 is 0 Å². The predicted molar refractivity (Wildman–Crippen MR) is 133 cm³/mol. The third-order valence-corrected chi connectivity index (χ3v) is 6.31. The van der Waals surface area contributed by atoms with Gasteiger partial charge in [0.15, 0.2) is 0 Å². The second-order valence-electron chi connectivity index (χ2n) is 8.05. The highest BCUT2D eigenvalue weighted by Crippen LogP contribution is 2.32. The van der Waals surface area contributed by atoms with E-state index in [1.165, 1.54) is 4.68 Å². The van der Waals surface area contributed by atoms with Crippen LogP contribution in [0.25, 0.3) is 16.7 Å². The number of halogens is 1. The second-order valence-corrected chi connectivity index (χ2v) is 8.96. The Morgan fingerprint density at radius 3 is 2.48 bits per heavy atom. The summed E-state index contributed by atoms with van der Waals surface area (Å²) in [5, 5.41) is 3.15. The topological polar surface area (TPSA) is 111 Å². The number of aromatic nitrogens is 4. The molecule has 33 heavy (non-hydrogen) atoms. The van der Waals surface area contributed by atoms with Crippen LogP contribution >= 0.6 is 15.9 Å². The highest BCUT2D eigenvalue weighted by Gasteiger charge is 2.17. The van der Waals surface area contributed by atoms with Crippen LogP contribution in [0, 0.1) is 13.8 Å². The molecule has 170 valence electrons.